The fourth-order valence-electron chi connectivity index (χ4n) is 7.36. The van der Waals surface area contributed by atoms with Gasteiger partial charge in [0.05, 0.1) is 0 Å². The van der Waals surface area contributed by atoms with Crippen LogP contribution in [0.4, 0.5) is 0 Å². The Labute approximate surface area is 319 Å². The number of furan rings is 1. The number of rotatable bonds is 7. The van der Waals surface area contributed by atoms with Crippen molar-refractivity contribution in [3.8, 4) is 78.7 Å². The molecule has 0 N–H and O–H groups in total. The van der Waals surface area contributed by atoms with E-state index in [1.165, 1.54) is 22.3 Å². The summed E-state index contributed by atoms with van der Waals surface area (Å²) < 4.78 is 6.66. The van der Waals surface area contributed by atoms with Crippen molar-refractivity contribution < 1.29 is 4.42 Å². The Bertz CT molecular complexity index is 2840. The molecule has 0 bridgehead atoms. The van der Waals surface area contributed by atoms with Crippen molar-refractivity contribution in [3.63, 3.8) is 0 Å². The Morgan fingerprint density at radius 1 is 0.273 bits per heavy atom. The number of nitrogens with zero attached hydrogens (tertiary/aromatic N) is 3. The summed E-state index contributed by atoms with van der Waals surface area (Å²) in [5.74, 6) is 1.88. The van der Waals surface area contributed by atoms with Crippen LogP contribution in [-0.4, -0.2) is 15.0 Å². The molecular formula is C51H33N3O. The maximum absolute atomic E-state index is 6.66. The summed E-state index contributed by atoms with van der Waals surface area (Å²) in [4.78, 5) is 14.8. The highest BCUT2D eigenvalue weighted by Gasteiger charge is 2.17. The van der Waals surface area contributed by atoms with Gasteiger partial charge in [0.15, 0.2) is 17.5 Å². The second-order valence-electron chi connectivity index (χ2n) is 13.6. The predicted molar refractivity (Wildman–Crippen MR) is 225 cm³/mol. The van der Waals surface area contributed by atoms with Gasteiger partial charge < -0.3 is 4.42 Å². The van der Waals surface area contributed by atoms with E-state index in [0.717, 1.165) is 60.9 Å². The van der Waals surface area contributed by atoms with Crippen molar-refractivity contribution in [1.82, 2.24) is 15.0 Å². The maximum atomic E-state index is 6.66. The molecule has 0 amide bonds. The zero-order valence-corrected chi connectivity index (χ0v) is 29.8. The van der Waals surface area contributed by atoms with Crippen LogP contribution in [0.2, 0.25) is 0 Å². The molecule has 0 saturated carbocycles. The largest absolute Gasteiger partial charge is 0.455 e. The van der Waals surface area contributed by atoms with Gasteiger partial charge in [-0.15, -0.1) is 0 Å². The summed E-state index contributed by atoms with van der Waals surface area (Å²) >= 11 is 0. The van der Waals surface area contributed by atoms with E-state index in [0.29, 0.717) is 17.5 Å². The van der Waals surface area contributed by atoms with Crippen LogP contribution in [0.3, 0.4) is 0 Å². The average Bonchev–Trinajstić information content (AvgIpc) is 3.66. The molecule has 0 aliphatic rings. The number of para-hydroxylation sites is 1. The van der Waals surface area contributed by atoms with Crippen molar-refractivity contribution >= 4 is 21.9 Å². The fraction of sp³-hybridized carbons (Fsp3) is 0. The standard InChI is InChI=1S/C51H33N3O/c1-5-15-34(16-6-1)41-30-42(35-17-7-2-8-18-35)32-43(31-41)38-23-13-24-39(29-38)44-25-14-26-45-46-33-40(27-28-47(46)55-48(44)45)51-53-49(36-19-9-3-10-20-36)52-50(54-51)37-21-11-4-12-22-37/h1-33H. The molecule has 0 fully saturated rings. The number of hydrogen-bond donors (Lipinski definition) is 0. The lowest BCUT2D eigenvalue weighted by Gasteiger charge is -2.12. The molecule has 0 atom stereocenters. The van der Waals surface area contributed by atoms with E-state index in [-0.39, 0.29) is 0 Å². The van der Waals surface area contributed by atoms with Crippen molar-refractivity contribution in [2.45, 2.75) is 0 Å². The molecule has 0 saturated heterocycles. The summed E-state index contributed by atoms with van der Waals surface area (Å²) in [5.41, 5.74) is 13.6. The molecule has 0 spiro atoms. The quantitative estimate of drug-likeness (QED) is 0.166. The Morgan fingerprint density at radius 3 is 1.27 bits per heavy atom. The van der Waals surface area contributed by atoms with Crippen molar-refractivity contribution in [2.75, 3.05) is 0 Å². The van der Waals surface area contributed by atoms with Gasteiger partial charge in [-0.3, -0.25) is 0 Å². The SMILES string of the molecule is c1ccc(-c2cc(-c3ccccc3)cc(-c3cccc(-c4cccc5c4oc4ccc(-c6nc(-c7ccccc7)nc(-c7ccccc7)n6)cc45)c3)c2)cc1. The number of fused-ring (bicyclic) bond motifs is 3. The zero-order valence-electron chi connectivity index (χ0n) is 29.8. The zero-order chi connectivity index (χ0) is 36.6. The van der Waals surface area contributed by atoms with E-state index in [4.69, 9.17) is 19.4 Å². The maximum Gasteiger partial charge on any atom is 0.164 e. The van der Waals surface area contributed by atoms with Gasteiger partial charge in [-0.1, -0.05) is 158 Å². The van der Waals surface area contributed by atoms with Gasteiger partial charge in [0.25, 0.3) is 0 Å². The molecule has 10 rings (SSSR count). The minimum absolute atomic E-state index is 0.611. The number of aromatic nitrogens is 3. The monoisotopic (exact) mass is 703 g/mol. The van der Waals surface area contributed by atoms with Crippen molar-refractivity contribution in [1.29, 1.82) is 0 Å². The van der Waals surface area contributed by atoms with Crippen LogP contribution in [0.15, 0.2) is 205 Å². The van der Waals surface area contributed by atoms with Crippen LogP contribution < -0.4 is 0 Å². The molecule has 0 unspecified atom stereocenters. The Hall–Kier alpha value is -7.43. The van der Waals surface area contributed by atoms with Crippen LogP contribution >= 0.6 is 0 Å². The summed E-state index contributed by atoms with van der Waals surface area (Å²) in [6.07, 6.45) is 0. The summed E-state index contributed by atoms with van der Waals surface area (Å²) in [6.45, 7) is 0. The summed E-state index contributed by atoms with van der Waals surface area (Å²) in [6, 6.07) is 69.5. The van der Waals surface area contributed by atoms with Crippen LogP contribution in [-0.2, 0) is 0 Å². The first kappa shape index (κ1) is 32.2. The first-order valence-corrected chi connectivity index (χ1v) is 18.4. The minimum Gasteiger partial charge on any atom is -0.455 e. The topological polar surface area (TPSA) is 51.8 Å². The third kappa shape index (κ3) is 6.26. The van der Waals surface area contributed by atoms with Crippen LogP contribution in [0, 0.1) is 0 Å². The van der Waals surface area contributed by atoms with E-state index >= 15 is 0 Å². The fourth-order valence-corrected chi connectivity index (χ4v) is 7.36. The van der Waals surface area contributed by atoms with Gasteiger partial charge in [0.2, 0.25) is 0 Å². The summed E-state index contributed by atoms with van der Waals surface area (Å²) in [5, 5.41) is 2.05. The van der Waals surface area contributed by atoms with E-state index in [2.05, 4.69) is 127 Å². The molecule has 0 radical (unpaired) electrons. The Balaban J connectivity index is 1.07. The number of hydrogen-bond acceptors (Lipinski definition) is 4. The molecule has 258 valence electrons. The lowest BCUT2D eigenvalue weighted by molar-refractivity contribution is 0.670. The first-order chi connectivity index (χ1) is 27.2. The lowest BCUT2D eigenvalue weighted by atomic mass is 9.92. The van der Waals surface area contributed by atoms with Gasteiger partial charge in [-0.2, -0.15) is 0 Å². The van der Waals surface area contributed by atoms with Gasteiger partial charge in [-0.05, 0) is 81.4 Å². The van der Waals surface area contributed by atoms with Gasteiger partial charge in [0, 0.05) is 33.0 Å². The molecule has 4 heteroatoms. The third-order valence-electron chi connectivity index (χ3n) is 10.1. The highest BCUT2D eigenvalue weighted by atomic mass is 16.3. The van der Waals surface area contributed by atoms with E-state index in [9.17, 15) is 0 Å². The van der Waals surface area contributed by atoms with Crippen LogP contribution in [0.5, 0.6) is 0 Å². The first-order valence-electron chi connectivity index (χ1n) is 18.4. The van der Waals surface area contributed by atoms with Gasteiger partial charge in [-0.25, -0.2) is 15.0 Å². The molecule has 2 aromatic heterocycles. The third-order valence-corrected chi connectivity index (χ3v) is 10.1. The van der Waals surface area contributed by atoms with Crippen LogP contribution in [0.25, 0.3) is 101 Å². The van der Waals surface area contributed by atoms with Gasteiger partial charge in [0.1, 0.15) is 11.2 Å². The molecular weight excluding hydrogens is 671 g/mol. The molecule has 0 aliphatic heterocycles. The summed E-state index contributed by atoms with van der Waals surface area (Å²) in [7, 11) is 0. The second-order valence-corrected chi connectivity index (χ2v) is 13.6. The normalized spacial score (nSPS) is 11.3. The Kier molecular flexibility index (Phi) is 8.12. The number of benzene rings is 8. The predicted octanol–water partition coefficient (Wildman–Crippen LogP) is 13.4. The second kappa shape index (κ2) is 13.8. The molecule has 0 aliphatic carbocycles. The van der Waals surface area contributed by atoms with Crippen LogP contribution in [0.1, 0.15) is 0 Å². The van der Waals surface area contributed by atoms with E-state index in [1.807, 2.05) is 72.8 Å². The molecule has 8 aromatic carbocycles. The highest BCUT2D eigenvalue weighted by Crippen LogP contribution is 2.40. The van der Waals surface area contributed by atoms with Gasteiger partial charge >= 0.3 is 0 Å². The van der Waals surface area contributed by atoms with Crippen molar-refractivity contribution in [3.05, 3.63) is 200 Å². The Morgan fingerprint density at radius 2 is 0.709 bits per heavy atom. The van der Waals surface area contributed by atoms with E-state index in [1.54, 1.807) is 0 Å². The lowest BCUT2D eigenvalue weighted by Crippen LogP contribution is -2.00. The molecule has 4 nitrogen and oxygen atoms in total. The molecule has 2 heterocycles. The average molecular weight is 704 g/mol. The van der Waals surface area contributed by atoms with Crippen molar-refractivity contribution in [2.24, 2.45) is 0 Å². The highest BCUT2D eigenvalue weighted by molar-refractivity contribution is 6.10. The smallest absolute Gasteiger partial charge is 0.164 e. The minimum atomic E-state index is 0.611. The molecule has 55 heavy (non-hydrogen) atoms. The molecule has 10 aromatic rings. The van der Waals surface area contributed by atoms with E-state index < -0.39 is 0 Å².